The van der Waals surface area contributed by atoms with E-state index in [4.69, 9.17) is 15.6 Å². The van der Waals surface area contributed by atoms with E-state index in [1.54, 1.807) is 12.1 Å². The van der Waals surface area contributed by atoms with Gasteiger partial charge in [-0.05, 0) is 17.7 Å². The fourth-order valence-corrected chi connectivity index (χ4v) is 4.57. The number of ether oxygens (including phenoxy) is 1. The molecule has 2 heterocycles. The predicted octanol–water partition coefficient (Wildman–Crippen LogP) is 3.37. The number of anilines is 1. The first-order valence-electron chi connectivity index (χ1n) is 6.45. The summed E-state index contributed by atoms with van der Waals surface area (Å²) < 4.78 is 6.58. The summed E-state index contributed by atoms with van der Waals surface area (Å²) in [4.78, 5) is 22.1. The summed E-state index contributed by atoms with van der Waals surface area (Å²) in [5, 5.41) is 20.0. The van der Waals surface area contributed by atoms with Crippen LogP contribution in [0.25, 0.3) is 20.5 Å². The molecule has 6 nitrogen and oxygen atoms in total. The fraction of sp³-hybridized carbons (Fsp3) is 0.0667. The van der Waals surface area contributed by atoms with Crippen molar-refractivity contribution in [1.82, 2.24) is 0 Å². The quantitative estimate of drug-likeness (QED) is 0.609. The molecule has 8 heteroatoms. The minimum Gasteiger partial charge on any atom is -0.479 e. The molecule has 0 unspecified atom stereocenters. The Labute approximate surface area is 138 Å². The molecule has 0 spiro atoms. The number of rotatable bonds is 5. The number of carboxylic acids is 2. The summed E-state index contributed by atoms with van der Waals surface area (Å²) in [7, 11) is 0. The first-order chi connectivity index (χ1) is 11.0. The van der Waals surface area contributed by atoms with Gasteiger partial charge in [-0.3, -0.25) is 0 Å². The van der Waals surface area contributed by atoms with E-state index in [2.05, 4.69) is 0 Å². The van der Waals surface area contributed by atoms with Crippen LogP contribution in [0.1, 0.15) is 9.67 Å². The molecule has 1 aromatic carbocycles. The predicted molar refractivity (Wildman–Crippen MR) is 89.6 cm³/mol. The molecule has 0 aliphatic heterocycles. The Hall–Kier alpha value is -2.58. The number of aromatic carboxylic acids is 1. The number of fused-ring (bicyclic) bond motifs is 1. The van der Waals surface area contributed by atoms with Crippen molar-refractivity contribution in [2.24, 2.45) is 0 Å². The van der Waals surface area contributed by atoms with E-state index < -0.39 is 18.5 Å². The van der Waals surface area contributed by atoms with Gasteiger partial charge in [0.05, 0.1) is 9.40 Å². The van der Waals surface area contributed by atoms with Gasteiger partial charge in [0.2, 0.25) is 0 Å². The summed E-state index contributed by atoms with van der Waals surface area (Å²) in [6, 6.07) is 7.28. The van der Waals surface area contributed by atoms with Gasteiger partial charge in [0, 0.05) is 16.6 Å². The van der Waals surface area contributed by atoms with Crippen molar-refractivity contribution in [1.29, 1.82) is 0 Å². The average Bonchev–Trinajstić information content (AvgIpc) is 3.03. The zero-order valence-corrected chi connectivity index (χ0v) is 13.2. The van der Waals surface area contributed by atoms with Crippen molar-refractivity contribution in [2.75, 3.05) is 12.3 Å². The highest BCUT2D eigenvalue weighted by molar-refractivity contribution is 7.29. The van der Waals surface area contributed by atoms with E-state index >= 15 is 0 Å². The second-order valence-electron chi connectivity index (χ2n) is 4.68. The number of hydrogen-bond donors (Lipinski definition) is 3. The van der Waals surface area contributed by atoms with Crippen LogP contribution in [-0.4, -0.2) is 28.8 Å². The number of hydrogen-bond acceptors (Lipinski definition) is 6. The van der Waals surface area contributed by atoms with E-state index in [-0.39, 0.29) is 10.6 Å². The zero-order valence-electron chi connectivity index (χ0n) is 11.6. The molecule has 0 radical (unpaired) electrons. The zero-order chi connectivity index (χ0) is 16.6. The highest BCUT2D eigenvalue weighted by Crippen LogP contribution is 2.47. The van der Waals surface area contributed by atoms with E-state index in [1.165, 1.54) is 11.3 Å². The molecule has 0 atom stereocenters. The molecule has 0 bridgehead atoms. The smallest absolute Gasteiger partial charge is 0.349 e. The van der Waals surface area contributed by atoms with Gasteiger partial charge >= 0.3 is 11.9 Å². The van der Waals surface area contributed by atoms with Crippen LogP contribution in [0.5, 0.6) is 5.75 Å². The molecule has 2 aromatic heterocycles. The summed E-state index contributed by atoms with van der Waals surface area (Å²) in [6.07, 6.45) is 0. The normalized spacial score (nSPS) is 10.8. The van der Waals surface area contributed by atoms with Gasteiger partial charge in [0.25, 0.3) is 0 Å². The third-order valence-corrected chi connectivity index (χ3v) is 5.39. The highest BCUT2D eigenvalue weighted by atomic mass is 32.1. The highest BCUT2D eigenvalue weighted by Gasteiger charge is 2.23. The molecule has 0 aliphatic rings. The molecule has 0 saturated heterocycles. The van der Waals surface area contributed by atoms with Gasteiger partial charge in [0.1, 0.15) is 0 Å². The van der Waals surface area contributed by atoms with Gasteiger partial charge in [0.15, 0.2) is 17.2 Å². The van der Waals surface area contributed by atoms with Gasteiger partial charge < -0.3 is 20.7 Å². The van der Waals surface area contributed by atoms with Crippen molar-refractivity contribution in [3.63, 3.8) is 0 Å². The Morgan fingerprint density at radius 2 is 2.00 bits per heavy atom. The van der Waals surface area contributed by atoms with Crippen LogP contribution in [-0.2, 0) is 4.79 Å². The average molecular weight is 349 g/mol. The first-order valence-corrected chi connectivity index (χ1v) is 8.14. The molecular formula is C15H11NO5S2. The molecule has 0 fully saturated rings. The number of aliphatic carboxylic acids is 1. The molecule has 0 aliphatic carbocycles. The van der Waals surface area contributed by atoms with Gasteiger partial charge in [-0.1, -0.05) is 12.1 Å². The van der Waals surface area contributed by atoms with Crippen molar-refractivity contribution >= 4 is 49.7 Å². The Morgan fingerprint density at radius 1 is 1.22 bits per heavy atom. The molecule has 0 saturated carbocycles. The van der Waals surface area contributed by atoms with Crippen LogP contribution >= 0.6 is 22.7 Å². The Kier molecular flexibility index (Phi) is 3.93. The van der Waals surface area contributed by atoms with Crippen LogP contribution in [0.4, 0.5) is 5.69 Å². The van der Waals surface area contributed by atoms with E-state index in [0.29, 0.717) is 10.4 Å². The Morgan fingerprint density at radius 3 is 2.65 bits per heavy atom. The maximum absolute atomic E-state index is 11.4. The minimum atomic E-state index is -1.16. The van der Waals surface area contributed by atoms with E-state index in [1.807, 2.05) is 17.5 Å². The number of carboxylic acid groups (broad SMARTS) is 2. The molecule has 4 N–H and O–H groups in total. The second-order valence-corrected chi connectivity index (χ2v) is 6.58. The maximum Gasteiger partial charge on any atom is 0.349 e. The van der Waals surface area contributed by atoms with E-state index in [9.17, 15) is 14.7 Å². The van der Waals surface area contributed by atoms with Gasteiger partial charge in [-0.25, -0.2) is 9.59 Å². The first kappa shape index (κ1) is 15.3. The number of nitrogens with two attached hydrogens (primary N) is 1. The number of benzene rings is 1. The SMILES string of the molecule is Nc1cccc(-c2csc3c(OCC(=O)O)c(C(=O)O)sc23)c1. The van der Waals surface area contributed by atoms with Gasteiger partial charge in [-0.15, -0.1) is 22.7 Å². The second kappa shape index (κ2) is 5.90. The van der Waals surface area contributed by atoms with Crippen molar-refractivity contribution in [3.8, 4) is 16.9 Å². The molecular weight excluding hydrogens is 338 g/mol. The van der Waals surface area contributed by atoms with Crippen molar-refractivity contribution < 1.29 is 24.5 Å². The summed E-state index contributed by atoms with van der Waals surface area (Å²) in [5.74, 6) is -2.19. The topological polar surface area (TPSA) is 110 Å². The van der Waals surface area contributed by atoms with Crippen molar-refractivity contribution in [2.45, 2.75) is 0 Å². The van der Waals surface area contributed by atoms with Crippen LogP contribution in [0.2, 0.25) is 0 Å². The van der Waals surface area contributed by atoms with Crippen LogP contribution < -0.4 is 10.5 Å². The number of thiophene rings is 2. The minimum absolute atomic E-state index is 0.00162. The lowest BCUT2D eigenvalue weighted by atomic mass is 10.1. The lowest BCUT2D eigenvalue weighted by Crippen LogP contribution is -2.10. The molecule has 0 amide bonds. The molecule has 23 heavy (non-hydrogen) atoms. The number of carbonyl (C=O) groups is 2. The van der Waals surface area contributed by atoms with Crippen LogP contribution in [0.15, 0.2) is 29.6 Å². The Bertz CT molecular complexity index is 912. The summed E-state index contributed by atoms with van der Waals surface area (Å²) >= 11 is 2.39. The molecule has 3 aromatic rings. The lowest BCUT2D eigenvalue weighted by Gasteiger charge is -2.01. The largest absolute Gasteiger partial charge is 0.479 e. The maximum atomic E-state index is 11.4. The van der Waals surface area contributed by atoms with Crippen LogP contribution in [0.3, 0.4) is 0 Å². The van der Waals surface area contributed by atoms with Crippen molar-refractivity contribution in [3.05, 3.63) is 34.5 Å². The standard InChI is InChI=1S/C15H11NO5S2/c16-8-3-1-2-7(4-8)9-6-22-13-11(21-5-10(17)18)14(15(19)20)23-12(9)13/h1-4,6H,5,16H2,(H,17,18)(H,19,20). The van der Waals surface area contributed by atoms with Crippen LogP contribution in [0, 0.1) is 0 Å². The lowest BCUT2D eigenvalue weighted by molar-refractivity contribution is -0.139. The summed E-state index contributed by atoms with van der Waals surface area (Å²) in [6.45, 7) is -0.586. The third kappa shape index (κ3) is 2.86. The fourth-order valence-electron chi connectivity index (χ4n) is 2.17. The third-order valence-electron chi connectivity index (χ3n) is 3.09. The van der Waals surface area contributed by atoms with E-state index in [0.717, 1.165) is 27.2 Å². The van der Waals surface area contributed by atoms with Gasteiger partial charge in [-0.2, -0.15) is 0 Å². The number of nitrogen functional groups attached to an aromatic ring is 1. The Balaban J connectivity index is 2.15. The summed E-state index contributed by atoms with van der Waals surface area (Å²) in [5.41, 5.74) is 8.14. The molecule has 3 rings (SSSR count). The molecule has 118 valence electrons. The monoisotopic (exact) mass is 349 g/mol.